The number of imidazole rings is 1. The Balaban J connectivity index is 2.38. The van der Waals surface area contributed by atoms with E-state index in [4.69, 9.17) is 17.0 Å². The highest BCUT2D eigenvalue weighted by Crippen LogP contribution is 2.29. The maximum atomic E-state index is 13.4. The van der Waals surface area contributed by atoms with Crippen LogP contribution in [-0.4, -0.2) is 26.4 Å². The first-order chi connectivity index (χ1) is 10.1. The lowest BCUT2D eigenvalue weighted by molar-refractivity contribution is 0.409. The van der Waals surface area contributed by atoms with Crippen molar-refractivity contribution in [2.75, 3.05) is 7.11 Å². The van der Waals surface area contributed by atoms with Crippen LogP contribution in [0.2, 0.25) is 0 Å². The summed E-state index contributed by atoms with van der Waals surface area (Å²) in [6, 6.07) is 4.37. The number of hydrogen-bond acceptors (Lipinski definition) is 3. The van der Waals surface area contributed by atoms with E-state index in [1.54, 1.807) is 10.7 Å². The van der Waals surface area contributed by atoms with Crippen molar-refractivity contribution in [1.82, 2.24) is 19.3 Å². The third-order valence-corrected chi connectivity index (χ3v) is 3.74. The van der Waals surface area contributed by atoms with Gasteiger partial charge < -0.3 is 9.72 Å². The molecular formula is C14H15FN4OS. The second kappa shape index (κ2) is 5.00. The Morgan fingerprint density at radius 3 is 2.86 bits per heavy atom. The summed E-state index contributed by atoms with van der Waals surface area (Å²) in [6.07, 6.45) is 0.799. The number of benzene rings is 1. The summed E-state index contributed by atoms with van der Waals surface area (Å²) in [5, 5.41) is 4.47. The maximum Gasteiger partial charge on any atom is 0.184 e. The Morgan fingerprint density at radius 1 is 1.43 bits per heavy atom. The first-order valence-corrected chi connectivity index (χ1v) is 6.98. The molecule has 1 N–H and O–H groups in total. The second-order valence-electron chi connectivity index (χ2n) is 4.70. The molecule has 1 aromatic carbocycles. The van der Waals surface area contributed by atoms with Gasteiger partial charge in [0.25, 0.3) is 0 Å². The van der Waals surface area contributed by atoms with Crippen molar-refractivity contribution in [3.8, 4) is 11.4 Å². The number of aromatic amines is 1. The van der Waals surface area contributed by atoms with Gasteiger partial charge >= 0.3 is 0 Å². The molecule has 110 valence electrons. The Labute approximate surface area is 126 Å². The fourth-order valence-electron chi connectivity index (χ4n) is 2.52. The lowest BCUT2D eigenvalue weighted by Crippen LogP contribution is -2.03. The van der Waals surface area contributed by atoms with Gasteiger partial charge in [0.15, 0.2) is 10.4 Å². The van der Waals surface area contributed by atoms with Gasteiger partial charge in [-0.25, -0.2) is 9.07 Å². The van der Waals surface area contributed by atoms with Crippen molar-refractivity contribution in [2.24, 2.45) is 7.05 Å². The number of fused-ring (bicyclic) bond motifs is 1. The first-order valence-electron chi connectivity index (χ1n) is 6.57. The molecule has 0 atom stereocenters. The molecule has 0 saturated carbocycles. The van der Waals surface area contributed by atoms with E-state index in [-0.39, 0.29) is 5.82 Å². The van der Waals surface area contributed by atoms with E-state index in [1.165, 1.54) is 19.2 Å². The molecule has 0 fully saturated rings. The van der Waals surface area contributed by atoms with Gasteiger partial charge in [0.05, 0.1) is 18.5 Å². The molecule has 0 spiro atoms. The Kier molecular flexibility index (Phi) is 3.29. The van der Waals surface area contributed by atoms with Crippen LogP contribution in [0.3, 0.4) is 0 Å². The van der Waals surface area contributed by atoms with Crippen molar-refractivity contribution in [1.29, 1.82) is 0 Å². The zero-order valence-corrected chi connectivity index (χ0v) is 12.8. The highest BCUT2D eigenvalue weighted by molar-refractivity contribution is 7.71. The van der Waals surface area contributed by atoms with Gasteiger partial charge in [-0.1, -0.05) is 6.92 Å². The molecule has 3 aromatic rings. The summed E-state index contributed by atoms with van der Waals surface area (Å²) < 4.78 is 22.8. The summed E-state index contributed by atoms with van der Waals surface area (Å²) in [5.74, 6) is 0.0689. The number of H-pyrrole nitrogens is 1. The van der Waals surface area contributed by atoms with Crippen LogP contribution in [0, 0.1) is 10.6 Å². The largest absolute Gasteiger partial charge is 0.494 e. The molecule has 2 aromatic heterocycles. The third kappa shape index (κ3) is 2.04. The van der Waals surface area contributed by atoms with Crippen LogP contribution in [0.4, 0.5) is 4.39 Å². The lowest BCUT2D eigenvalue weighted by Gasteiger charge is -2.10. The molecule has 21 heavy (non-hydrogen) atoms. The number of rotatable bonds is 3. The van der Waals surface area contributed by atoms with Crippen LogP contribution in [0.1, 0.15) is 12.6 Å². The number of aryl methyl sites for hydroxylation is 2. The average molecular weight is 306 g/mol. The van der Waals surface area contributed by atoms with Crippen LogP contribution >= 0.6 is 12.2 Å². The minimum atomic E-state index is -0.354. The number of nitrogens with zero attached hydrogens (tertiary/aromatic N) is 3. The summed E-state index contributed by atoms with van der Waals surface area (Å²) in [4.78, 5) is 3.18. The molecular weight excluding hydrogens is 291 g/mol. The molecule has 0 saturated heterocycles. The summed E-state index contributed by atoms with van der Waals surface area (Å²) in [6.45, 7) is 2.04. The SMILES string of the molecule is CCc1nn(C)c2c1[nH]c(=S)n2-c1ccc(F)cc1OC. The molecule has 7 heteroatoms. The Morgan fingerprint density at radius 2 is 2.19 bits per heavy atom. The van der Waals surface area contributed by atoms with E-state index < -0.39 is 0 Å². The molecule has 0 radical (unpaired) electrons. The molecule has 0 aliphatic carbocycles. The van der Waals surface area contributed by atoms with Crippen molar-refractivity contribution >= 4 is 23.4 Å². The number of hydrogen-bond donors (Lipinski definition) is 1. The molecule has 0 unspecified atom stereocenters. The summed E-state index contributed by atoms with van der Waals surface area (Å²) in [7, 11) is 3.36. The van der Waals surface area contributed by atoms with E-state index in [9.17, 15) is 4.39 Å². The first kappa shape index (κ1) is 13.8. The fourth-order valence-corrected chi connectivity index (χ4v) is 2.81. The van der Waals surface area contributed by atoms with Crippen molar-refractivity contribution < 1.29 is 9.13 Å². The maximum absolute atomic E-state index is 13.4. The van der Waals surface area contributed by atoms with Crippen LogP contribution in [0.25, 0.3) is 16.9 Å². The predicted molar refractivity (Wildman–Crippen MR) is 81.1 cm³/mol. The summed E-state index contributed by atoms with van der Waals surface area (Å²) >= 11 is 5.41. The molecule has 3 rings (SSSR count). The molecule has 5 nitrogen and oxygen atoms in total. The normalized spacial score (nSPS) is 11.2. The molecule has 0 aliphatic rings. The van der Waals surface area contributed by atoms with Gasteiger partial charge in [0.1, 0.15) is 17.1 Å². The fraction of sp³-hybridized carbons (Fsp3) is 0.286. The molecule has 0 amide bonds. The van der Waals surface area contributed by atoms with Gasteiger partial charge in [-0.05, 0) is 30.8 Å². The minimum absolute atomic E-state index is 0.354. The molecule has 0 aliphatic heterocycles. The Hall–Kier alpha value is -2.15. The van der Waals surface area contributed by atoms with Gasteiger partial charge in [0, 0.05) is 13.1 Å². The third-order valence-electron chi connectivity index (χ3n) is 3.45. The van der Waals surface area contributed by atoms with Gasteiger partial charge in [-0.15, -0.1) is 0 Å². The quantitative estimate of drug-likeness (QED) is 0.756. The zero-order valence-electron chi connectivity index (χ0n) is 12.0. The van der Waals surface area contributed by atoms with Crippen LogP contribution in [0.5, 0.6) is 5.75 Å². The summed E-state index contributed by atoms with van der Waals surface area (Å²) in [5.41, 5.74) is 3.36. The smallest absolute Gasteiger partial charge is 0.184 e. The van der Waals surface area contributed by atoms with Crippen molar-refractivity contribution in [3.05, 3.63) is 34.5 Å². The van der Waals surface area contributed by atoms with Crippen LogP contribution in [-0.2, 0) is 13.5 Å². The predicted octanol–water partition coefficient (Wildman–Crippen LogP) is 3.13. The van der Waals surface area contributed by atoms with E-state index >= 15 is 0 Å². The van der Waals surface area contributed by atoms with E-state index in [1.807, 2.05) is 18.5 Å². The van der Waals surface area contributed by atoms with Gasteiger partial charge in [-0.2, -0.15) is 5.10 Å². The van der Waals surface area contributed by atoms with E-state index in [0.717, 1.165) is 23.3 Å². The highest BCUT2D eigenvalue weighted by atomic mass is 32.1. The number of aromatic nitrogens is 4. The second-order valence-corrected chi connectivity index (χ2v) is 5.09. The molecule has 2 heterocycles. The van der Waals surface area contributed by atoms with Crippen LogP contribution in [0.15, 0.2) is 18.2 Å². The van der Waals surface area contributed by atoms with Crippen molar-refractivity contribution in [3.63, 3.8) is 0 Å². The number of methoxy groups -OCH3 is 1. The topological polar surface area (TPSA) is 47.8 Å². The highest BCUT2D eigenvalue weighted by Gasteiger charge is 2.18. The van der Waals surface area contributed by atoms with E-state index in [2.05, 4.69) is 10.1 Å². The standard InChI is InChI=1S/C14H15FN4OS/c1-4-9-12-13(18(2)17-9)19(14(21)16-12)10-6-5-8(15)7-11(10)20-3/h5-7H,4H2,1-3H3,(H,16,21). The lowest BCUT2D eigenvalue weighted by atomic mass is 10.2. The zero-order chi connectivity index (χ0) is 15.1. The van der Waals surface area contributed by atoms with Crippen LogP contribution < -0.4 is 4.74 Å². The Bertz CT molecular complexity index is 877. The van der Waals surface area contributed by atoms with E-state index in [0.29, 0.717) is 16.2 Å². The van der Waals surface area contributed by atoms with Gasteiger partial charge in [0.2, 0.25) is 0 Å². The van der Waals surface area contributed by atoms with Gasteiger partial charge in [-0.3, -0.25) is 4.57 Å². The number of halogens is 1. The average Bonchev–Trinajstić information content (AvgIpc) is 2.96. The number of nitrogens with one attached hydrogen (secondary N) is 1. The molecule has 0 bridgehead atoms. The number of ether oxygens (including phenoxy) is 1. The monoisotopic (exact) mass is 306 g/mol. The van der Waals surface area contributed by atoms with Crippen molar-refractivity contribution in [2.45, 2.75) is 13.3 Å². The minimum Gasteiger partial charge on any atom is -0.494 e.